The van der Waals surface area contributed by atoms with Crippen molar-refractivity contribution in [2.24, 2.45) is 5.73 Å². The van der Waals surface area contributed by atoms with E-state index >= 15 is 0 Å². The first-order valence-corrected chi connectivity index (χ1v) is 8.15. The molecule has 1 unspecified atom stereocenters. The minimum Gasteiger partial charge on any atom is -0.465 e. The summed E-state index contributed by atoms with van der Waals surface area (Å²) in [5, 5.41) is 1.59. The number of hydrogen-bond acceptors (Lipinski definition) is 5. The van der Waals surface area contributed by atoms with Gasteiger partial charge in [0.2, 0.25) is 10.0 Å². The third-order valence-corrected chi connectivity index (χ3v) is 5.29. The van der Waals surface area contributed by atoms with Crippen LogP contribution in [0.5, 0.6) is 0 Å². The highest BCUT2D eigenvalue weighted by molar-refractivity contribution is 7.89. The second-order valence-electron chi connectivity index (χ2n) is 4.24. The van der Waals surface area contributed by atoms with Gasteiger partial charge < -0.3 is 10.2 Å². The fourth-order valence-corrected chi connectivity index (χ4v) is 4.02. The van der Waals surface area contributed by atoms with Crippen molar-refractivity contribution < 1.29 is 12.8 Å². The molecule has 0 aliphatic heterocycles. The van der Waals surface area contributed by atoms with E-state index in [0.29, 0.717) is 12.3 Å². The van der Waals surface area contributed by atoms with E-state index in [1.165, 1.54) is 11.3 Å². The Morgan fingerprint density at radius 3 is 2.74 bits per heavy atom. The summed E-state index contributed by atoms with van der Waals surface area (Å²) in [6.45, 7) is 3.90. The van der Waals surface area contributed by atoms with Gasteiger partial charge in [0.25, 0.3) is 0 Å². The van der Waals surface area contributed by atoms with Gasteiger partial charge in [0, 0.05) is 16.8 Å². The predicted octanol–water partition coefficient (Wildman–Crippen LogP) is 2.15. The molecule has 0 saturated heterocycles. The Bertz CT molecular complexity index is 658. The normalized spacial score (nSPS) is 13.6. The topological polar surface area (TPSA) is 85.3 Å². The van der Waals surface area contributed by atoms with Crippen LogP contribution in [-0.4, -0.2) is 8.42 Å². The summed E-state index contributed by atoms with van der Waals surface area (Å²) in [6.07, 6.45) is 0. The number of rotatable bonds is 5. The van der Waals surface area contributed by atoms with Gasteiger partial charge in [0.15, 0.2) is 0 Å². The van der Waals surface area contributed by atoms with Gasteiger partial charge in [-0.15, -0.1) is 11.3 Å². The molecular formula is C12H16N2O3S2. The van der Waals surface area contributed by atoms with Gasteiger partial charge >= 0.3 is 0 Å². The van der Waals surface area contributed by atoms with Gasteiger partial charge in [-0.1, -0.05) is 0 Å². The Balaban J connectivity index is 2.17. The largest absolute Gasteiger partial charge is 0.465 e. The van der Waals surface area contributed by atoms with Gasteiger partial charge in [0.1, 0.15) is 11.5 Å². The van der Waals surface area contributed by atoms with E-state index in [0.717, 1.165) is 10.6 Å². The van der Waals surface area contributed by atoms with Crippen LogP contribution in [0.25, 0.3) is 0 Å². The number of hydrogen-bond donors (Lipinski definition) is 2. The average Bonchev–Trinajstić information content (AvgIpc) is 2.96. The quantitative estimate of drug-likeness (QED) is 0.886. The summed E-state index contributed by atoms with van der Waals surface area (Å²) in [6, 6.07) is 4.74. The molecule has 0 saturated carbocycles. The van der Waals surface area contributed by atoms with Crippen molar-refractivity contribution in [3.8, 4) is 0 Å². The zero-order chi connectivity index (χ0) is 14.0. The van der Waals surface area contributed by atoms with Crippen molar-refractivity contribution in [2.45, 2.75) is 31.3 Å². The fraction of sp³-hybridized carbons (Fsp3) is 0.333. The number of sulfonamides is 1. The lowest BCUT2D eigenvalue weighted by Gasteiger charge is -2.11. The van der Waals surface area contributed by atoms with Crippen LogP contribution in [0.2, 0.25) is 0 Å². The first kappa shape index (κ1) is 14.3. The molecule has 0 amide bonds. The molecule has 19 heavy (non-hydrogen) atoms. The van der Waals surface area contributed by atoms with Crippen LogP contribution in [-0.2, 0) is 16.6 Å². The molecular weight excluding hydrogens is 284 g/mol. The smallest absolute Gasteiger partial charge is 0.242 e. The molecule has 3 N–H and O–H groups in total. The van der Waals surface area contributed by atoms with E-state index in [4.69, 9.17) is 10.2 Å². The van der Waals surface area contributed by atoms with E-state index in [2.05, 4.69) is 4.72 Å². The van der Waals surface area contributed by atoms with Crippen molar-refractivity contribution in [1.82, 2.24) is 4.72 Å². The second-order valence-corrected chi connectivity index (χ2v) is 6.95. The lowest BCUT2D eigenvalue weighted by atomic mass is 10.3. The molecule has 0 fully saturated rings. The summed E-state index contributed by atoms with van der Waals surface area (Å²) in [7, 11) is -3.54. The monoisotopic (exact) mass is 300 g/mol. The van der Waals surface area contributed by atoms with Crippen molar-refractivity contribution in [1.29, 1.82) is 0 Å². The summed E-state index contributed by atoms with van der Waals surface area (Å²) in [4.78, 5) is 1.08. The minimum absolute atomic E-state index is 0.244. The van der Waals surface area contributed by atoms with Crippen molar-refractivity contribution >= 4 is 21.4 Å². The molecule has 0 radical (unpaired) electrons. The van der Waals surface area contributed by atoms with E-state index in [9.17, 15) is 8.42 Å². The molecule has 0 aliphatic rings. The molecule has 104 valence electrons. The SMILES string of the molecule is Cc1ccc(C(C)NS(=O)(=O)c2csc(CN)c2)o1. The first-order valence-electron chi connectivity index (χ1n) is 5.78. The van der Waals surface area contributed by atoms with Gasteiger partial charge in [-0.2, -0.15) is 0 Å². The highest BCUT2D eigenvalue weighted by atomic mass is 32.2. The highest BCUT2D eigenvalue weighted by Gasteiger charge is 2.21. The summed E-state index contributed by atoms with van der Waals surface area (Å²) in [5.41, 5.74) is 5.48. The predicted molar refractivity (Wildman–Crippen MR) is 74.4 cm³/mol. The minimum atomic E-state index is -3.54. The molecule has 2 aromatic rings. The van der Waals surface area contributed by atoms with E-state index < -0.39 is 16.1 Å². The maximum atomic E-state index is 12.2. The zero-order valence-corrected chi connectivity index (χ0v) is 12.3. The molecule has 0 aliphatic carbocycles. The summed E-state index contributed by atoms with van der Waals surface area (Å²) < 4.78 is 32.3. The molecule has 0 spiro atoms. The molecule has 7 heteroatoms. The van der Waals surface area contributed by atoms with Gasteiger partial charge in [-0.05, 0) is 32.0 Å². The second kappa shape index (κ2) is 5.46. The third-order valence-electron chi connectivity index (χ3n) is 2.66. The van der Waals surface area contributed by atoms with Crippen LogP contribution in [0.15, 0.2) is 32.9 Å². The molecule has 5 nitrogen and oxygen atoms in total. The number of nitrogens with two attached hydrogens (primary N) is 1. The van der Waals surface area contributed by atoms with Crippen LogP contribution < -0.4 is 10.5 Å². The highest BCUT2D eigenvalue weighted by Crippen LogP contribution is 2.22. The zero-order valence-electron chi connectivity index (χ0n) is 10.7. The number of thiophene rings is 1. The maximum Gasteiger partial charge on any atom is 0.242 e. The first-order chi connectivity index (χ1) is 8.92. The fourth-order valence-electron chi connectivity index (χ4n) is 1.65. The third kappa shape index (κ3) is 3.24. The van der Waals surface area contributed by atoms with Crippen molar-refractivity contribution in [2.75, 3.05) is 0 Å². The van der Waals surface area contributed by atoms with Crippen molar-refractivity contribution in [3.63, 3.8) is 0 Å². The Hall–Kier alpha value is -1.15. The van der Waals surface area contributed by atoms with Crippen LogP contribution >= 0.6 is 11.3 Å². The van der Waals surface area contributed by atoms with Crippen LogP contribution in [0.1, 0.15) is 29.4 Å². The Morgan fingerprint density at radius 2 is 2.21 bits per heavy atom. The molecule has 2 heterocycles. The summed E-state index contributed by atoms with van der Waals surface area (Å²) in [5.74, 6) is 1.34. The van der Waals surface area contributed by atoms with Crippen LogP contribution in [0.4, 0.5) is 0 Å². The molecule has 0 aromatic carbocycles. The van der Waals surface area contributed by atoms with E-state index in [1.807, 2.05) is 6.92 Å². The molecule has 1 atom stereocenters. The van der Waals surface area contributed by atoms with Gasteiger partial charge in [-0.3, -0.25) is 0 Å². The van der Waals surface area contributed by atoms with Crippen LogP contribution in [0, 0.1) is 6.92 Å². The Morgan fingerprint density at radius 1 is 1.47 bits per heavy atom. The van der Waals surface area contributed by atoms with E-state index in [1.54, 1.807) is 30.5 Å². The summed E-state index contributed by atoms with van der Waals surface area (Å²) >= 11 is 1.34. The lowest BCUT2D eigenvalue weighted by molar-refractivity contribution is 0.441. The Labute approximate surface area is 116 Å². The Kier molecular flexibility index (Phi) is 4.10. The lowest BCUT2D eigenvalue weighted by Crippen LogP contribution is -2.26. The number of nitrogens with one attached hydrogen (secondary N) is 1. The standard InChI is InChI=1S/C12H16N2O3S2/c1-8-3-4-12(17-8)9(2)14-19(15,16)11-5-10(6-13)18-7-11/h3-5,7,9,14H,6,13H2,1-2H3. The van der Waals surface area contributed by atoms with Crippen LogP contribution in [0.3, 0.4) is 0 Å². The molecule has 2 rings (SSSR count). The average molecular weight is 300 g/mol. The van der Waals surface area contributed by atoms with Gasteiger partial charge in [0.05, 0.1) is 10.9 Å². The van der Waals surface area contributed by atoms with Gasteiger partial charge in [-0.25, -0.2) is 13.1 Å². The molecule has 0 bridgehead atoms. The number of furan rings is 1. The van der Waals surface area contributed by atoms with Crippen molar-refractivity contribution in [3.05, 3.63) is 40.0 Å². The number of aryl methyl sites for hydroxylation is 1. The molecule has 2 aromatic heterocycles. The maximum absolute atomic E-state index is 12.2. The van der Waals surface area contributed by atoms with E-state index in [-0.39, 0.29) is 4.90 Å².